The molecule has 2 unspecified atom stereocenters. The maximum Gasteiger partial charge on any atom is 0.0750 e. The van der Waals surface area contributed by atoms with Crippen molar-refractivity contribution in [2.75, 3.05) is 25.1 Å². The number of halogens is 1. The normalized spacial score (nSPS) is 22.0. The lowest BCUT2D eigenvalue weighted by molar-refractivity contribution is 0.118. The van der Waals surface area contributed by atoms with Gasteiger partial charge in [0.2, 0.25) is 0 Å². The minimum Gasteiger partial charge on any atom is -0.376 e. The van der Waals surface area contributed by atoms with Gasteiger partial charge < -0.3 is 15.0 Å². The van der Waals surface area contributed by atoms with E-state index in [9.17, 15) is 0 Å². The van der Waals surface area contributed by atoms with Crippen LogP contribution >= 0.6 is 11.6 Å². The highest BCUT2D eigenvalue weighted by Crippen LogP contribution is 2.29. The first-order valence-electron chi connectivity index (χ1n) is 7.82. The molecular formula is C17H27ClN2O. The third-order valence-electron chi connectivity index (χ3n) is 4.13. The second-order valence-electron chi connectivity index (χ2n) is 6.34. The molecule has 2 rings (SSSR count). The number of nitrogens with one attached hydrogen (secondary N) is 1. The lowest BCUT2D eigenvalue weighted by Crippen LogP contribution is -2.37. The number of hydrogen-bond donors (Lipinski definition) is 1. The van der Waals surface area contributed by atoms with Crippen molar-refractivity contribution in [2.24, 2.45) is 5.92 Å². The molecule has 0 spiro atoms. The zero-order valence-electron chi connectivity index (χ0n) is 13.5. The van der Waals surface area contributed by atoms with Crippen molar-refractivity contribution in [3.05, 3.63) is 28.8 Å². The van der Waals surface area contributed by atoms with Gasteiger partial charge in [-0.25, -0.2) is 0 Å². The van der Waals surface area contributed by atoms with Crippen molar-refractivity contribution in [1.82, 2.24) is 5.32 Å². The standard InChI is InChI=1S/C17H27ClN2O/c1-12(2)10-19-11-14-5-6-15(18)9-17(14)20(4)16-7-8-21-13(16)3/h5-6,9,12-13,16,19H,7-8,10-11H2,1-4H3. The van der Waals surface area contributed by atoms with Crippen LogP contribution < -0.4 is 10.2 Å². The van der Waals surface area contributed by atoms with Gasteiger partial charge in [-0.05, 0) is 43.5 Å². The molecule has 118 valence electrons. The van der Waals surface area contributed by atoms with Gasteiger partial charge in [-0.2, -0.15) is 0 Å². The third-order valence-corrected chi connectivity index (χ3v) is 4.36. The van der Waals surface area contributed by atoms with E-state index < -0.39 is 0 Å². The number of rotatable bonds is 6. The first kappa shape index (κ1) is 16.6. The maximum atomic E-state index is 6.21. The smallest absolute Gasteiger partial charge is 0.0750 e. The summed E-state index contributed by atoms with van der Waals surface area (Å²) in [6, 6.07) is 6.59. The fraction of sp³-hybridized carbons (Fsp3) is 0.647. The van der Waals surface area contributed by atoms with Gasteiger partial charge in [0, 0.05) is 30.9 Å². The summed E-state index contributed by atoms with van der Waals surface area (Å²) in [5.41, 5.74) is 2.50. The molecule has 1 aliphatic heterocycles. The number of likely N-dealkylation sites (N-methyl/N-ethyl adjacent to an activating group) is 1. The average molecular weight is 311 g/mol. The second-order valence-corrected chi connectivity index (χ2v) is 6.78. The summed E-state index contributed by atoms with van der Waals surface area (Å²) in [5, 5.41) is 4.30. The average Bonchev–Trinajstić information content (AvgIpc) is 2.85. The minimum absolute atomic E-state index is 0.269. The van der Waals surface area contributed by atoms with E-state index in [1.807, 2.05) is 6.07 Å². The monoisotopic (exact) mass is 310 g/mol. The molecule has 0 radical (unpaired) electrons. The molecule has 21 heavy (non-hydrogen) atoms. The van der Waals surface area contributed by atoms with Crippen LogP contribution in [-0.2, 0) is 11.3 Å². The summed E-state index contributed by atoms with van der Waals surface area (Å²) in [4.78, 5) is 2.33. The number of hydrogen-bond acceptors (Lipinski definition) is 3. The molecule has 0 aromatic heterocycles. The second kappa shape index (κ2) is 7.48. The highest BCUT2D eigenvalue weighted by atomic mass is 35.5. The molecule has 3 nitrogen and oxygen atoms in total. The van der Waals surface area contributed by atoms with Gasteiger partial charge in [-0.15, -0.1) is 0 Å². The van der Waals surface area contributed by atoms with Gasteiger partial charge >= 0.3 is 0 Å². The molecule has 1 fully saturated rings. The van der Waals surface area contributed by atoms with Crippen LogP contribution in [0.2, 0.25) is 5.02 Å². The Morgan fingerprint density at radius 2 is 2.19 bits per heavy atom. The van der Waals surface area contributed by atoms with Crippen LogP contribution in [0.1, 0.15) is 32.8 Å². The van der Waals surface area contributed by atoms with Gasteiger partial charge in [0.15, 0.2) is 0 Å². The molecular weight excluding hydrogens is 284 g/mol. The van der Waals surface area contributed by atoms with Crippen molar-refractivity contribution >= 4 is 17.3 Å². The first-order chi connectivity index (χ1) is 9.99. The molecule has 1 aromatic rings. The van der Waals surface area contributed by atoms with E-state index in [2.05, 4.69) is 50.2 Å². The zero-order chi connectivity index (χ0) is 15.4. The van der Waals surface area contributed by atoms with E-state index in [1.54, 1.807) is 0 Å². The molecule has 0 amide bonds. The van der Waals surface area contributed by atoms with E-state index in [0.717, 1.165) is 31.1 Å². The maximum absolute atomic E-state index is 6.21. The molecule has 1 N–H and O–H groups in total. The predicted molar refractivity (Wildman–Crippen MR) is 90.2 cm³/mol. The summed E-state index contributed by atoms with van der Waals surface area (Å²) in [6.07, 6.45) is 1.34. The first-order valence-corrected chi connectivity index (χ1v) is 8.20. The fourth-order valence-corrected chi connectivity index (χ4v) is 3.08. The SMILES string of the molecule is CC(C)CNCc1ccc(Cl)cc1N(C)C1CCOC1C. The van der Waals surface area contributed by atoms with Gasteiger partial charge in [0.1, 0.15) is 0 Å². The van der Waals surface area contributed by atoms with Gasteiger partial charge in [0.05, 0.1) is 12.1 Å². The summed E-state index contributed by atoms with van der Waals surface area (Å²) >= 11 is 6.21. The Bertz CT molecular complexity index is 464. The van der Waals surface area contributed by atoms with Crippen LogP contribution in [-0.4, -0.2) is 32.3 Å². The van der Waals surface area contributed by atoms with Crippen LogP contribution in [0.15, 0.2) is 18.2 Å². The largest absolute Gasteiger partial charge is 0.376 e. The van der Waals surface area contributed by atoms with Crippen LogP contribution in [0.5, 0.6) is 0 Å². The number of benzene rings is 1. The summed E-state index contributed by atoms with van der Waals surface area (Å²) in [5.74, 6) is 0.654. The quantitative estimate of drug-likeness (QED) is 0.867. The minimum atomic E-state index is 0.269. The third kappa shape index (κ3) is 4.35. The van der Waals surface area contributed by atoms with E-state index in [0.29, 0.717) is 12.0 Å². The molecule has 1 aromatic carbocycles. The van der Waals surface area contributed by atoms with Gasteiger partial charge in [0.25, 0.3) is 0 Å². The lowest BCUT2D eigenvalue weighted by atomic mass is 10.1. The Hall–Kier alpha value is -0.770. The Morgan fingerprint density at radius 1 is 1.43 bits per heavy atom. The fourth-order valence-electron chi connectivity index (χ4n) is 2.92. The van der Waals surface area contributed by atoms with Gasteiger partial charge in [-0.3, -0.25) is 0 Å². The van der Waals surface area contributed by atoms with Crippen LogP contribution in [0.4, 0.5) is 5.69 Å². The molecule has 0 bridgehead atoms. The molecule has 1 aliphatic rings. The van der Waals surface area contributed by atoms with Crippen molar-refractivity contribution in [3.63, 3.8) is 0 Å². The van der Waals surface area contributed by atoms with Crippen molar-refractivity contribution in [3.8, 4) is 0 Å². The predicted octanol–water partition coefficient (Wildman–Crippen LogP) is 3.70. The molecule has 1 heterocycles. The summed E-state index contributed by atoms with van der Waals surface area (Å²) in [6.45, 7) is 9.33. The summed E-state index contributed by atoms with van der Waals surface area (Å²) in [7, 11) is 2.15. The molecule has 2 atom stereocenters. The highest BCUT2D eigenvalue weighted by Gasteiger charge is 2.29. The van der Waals surface area contributed by atoms with E-state index in [-0.39, 0.29) is 6.10 Å². The Labute approximate surface area is 133 Å². The number of nitrogens with zero attached hydrogens (tertiary/aromatic N) is 1. The van der Waals surface area contributed by atoms with Crippen molar-refractivity contribution < 1.29 is 4.74 Å². The zero-order valence-corrected chi connectivity index (χ0v) is 14.3. The molecule has 1 saturated heterocycles. The Balaban J connectivity index is 2.14. The Morgan fingerprint density at radius 3 is 2.81 bits per heavy atom. The van der Waals surface area contributed by atoms with E-state index in [1.165, 1.54) is 11.3 Å². The number of ether oxygens (including phenoxy) is 1. The molecule has 0 aliphatic carbocycles. The summed E-state index contributed by atoms with van der Waals surface area (Å²) < 4.78 is 5.70. The van der Waals surface area contributed by atoms with Gasteiger partial charge in [-0.1, -0.05) is 31.5 Å². The molecule has 4 heteroatoms. The van der Waals surface area contributed by atoms with Crippen LogP contribution in [0, 0.1) is 5.92 Å². The van der Waals surface area contributed by atoms with Crippen LogP contribution in [0.3, 0.4) is 0 Å². The molecule has 0 saturated carbocycles. The number of anilines is 1. The van der Waals surface area contributed by atoms with Crippen LogP contribution in [0.25, 0.3) is 0 Å². The highest BCUT2D eigenvalue weighted by molar-refractivity contribution is 6.30. The lowest BCUT2D eigenvalue weighted by Gasteiger charge is -2.31. The van der Waals surface area contributed by atoms with Crippen molar-refractivity contribution in [1.29, 1.82) is 0 Å². The Kier molecular flexibility index (Phi) is 5.91. The van der Waals surface area contributed by atoms with E-state index in [4.69, 9.17) is 16.3 Å². The van der Waals surface area contributed by atoms with E-state index >= 15 is 0 Å². The van der Waals surface area contributed by atoms with Crippen molar-refractivity contribution in [2.45, 2.75) is 45.9 Å². The topological polar surface area (TPSA) is 24.5 Å².